The summed E-state index contributed by atoms with van der Waals surface area (Å²) < 4.78 is 5.23. The average molecular weight is 253 g/mol. The Balaban J connectivity index is 2.19. The first-order valence-corrected chi connectivity index (χ1v) is 5.18. The summed E-state index contributed by atoms with van der Waals surface area (Å²) >= 11 is 0. The SMILES string of the molecule is O=[N+]([O-])c1ccc2nc(NCC(O)CO)oc2c1. The van der Waals surface area contributed by atoms with Gasteiger partial charge in [0, 0.05) is 12.6 Å². The van der Waals surface area contributed by atoms with Crippen LogP contribution in [0.25, 0.3) is 11.1 Å². The van der Waals surface area contributed by atoms with E-state index in [0.717, 1.165) is 0 Å². The lowest BCUT2D eigenvalue weighted by Gasteiger charge is -2.05. The summed E-state index contributed by atoms with van der Waals surface area (Å²) in [4.78, 5) is 14.1. The second-order valence-corrected chi connectivity index (χ2v) is 3.65. The molecule has 8 nitrogen and oxygen atoms in total. The van der Waals surface area contributed by atoms with E-state index in [1.54, 1.807) is 0 Å². The first-order chi connectivity index (χ1) is 8.60. The van der Waals surface area contributed by atoms with Gasteiger partial charge in [0.1, 0.15) is 5.52 Å². The minimum absolute atomic E-state index is 0.0748. The van der Waals surface area contributed by atoms with Crippen molar-refractivity contribution >= 4 is 22.8 Å². The van der Waals surface area contributed by atoms with Crippen molar-refractivity contribution in [3.63, 3.8) is 0 Å². The van der Waals surface area contributed by atoms with E-state index in [1.165, 1.54) is 18.2 Å². The highest BCUT2D eigenvalue weighted by Gasteiger charge is 2.12. The molecule has 0 saturated carbocycles. The molecule has 0 aliphatic carbocycles. The maximum atomic E-state index is 10.6. The highest BCUT2D eigenvalue weighted by Crippen LogP contribution is 2.23. The third-order valence-electron chi connectivity index (χ3n) is 2.28. The summed E-state index contributed by atoms with van der Waals surface area (Å²) in [6.45, 7) is -0.301. The molecule has 0 radical (unpaired) electrons. The summed E-state index contributed by atoms with van der Waals surface area (Å²) in [5.74, 6) is 0. The number of non-ortho nitro benzene ring substituents is 1. The fraction of sp³-hybridized carbons (Fsp3) is 0.300. The monoisotopic (exact) mass is 253 g/mol. The normalized spacial score (nSPS) is 12.6. The third kappa shape index (κ3) is 2.55. The fourth-order valence-corrected chi connectivity index (χ4v) is 1.37. The van der Waals surface area contributed by atoms with Crippen LogP contribution >= 0.6 is 0 Å². The van der Waals surface area contributed by atoms with Gasteiger partial charge in [-0.15, -0.1) is 0 Å². The molecule has 3 N–H and O–H groups in total. The summed E-state index contributed by atoms with van der Waals surface area (Å²) in [7, 11) is 0. The Morgan fingerprint density at radius 1 is 1.56 bits per heavy atom. The molecular weight excluding hydrogens is 242 g/mol. The van der Waals surface area contributed by atoms with Crippen molar-refractivity contribution in [3.05, 3.63) is 28.3 Å². The zero-order valence-electron chi connectivity index (χ0n) is 9.24. The van der Waals surface area contributed by atoms with E-state index in [9.17, 15) is 10.1 Å². The molecule has 1 atom stereocenters. The quantitative estimate of drug-likeness (QED) is 0.523. The Labute approximate surface area is 101 Å². The number of nitro groups is 1. The Bertz CT molecular complexity index is 568. The van der Waals surface area contributed by atoms with Gasteiger partial charge in [-0.05, 0) is 6.07 Å². The Morgan fingerprint density at radius 3 is 3.00 bits per heavy atom. The second kappa shape index (κ2) is 4.98. The lowest BCUT2D eigenvalue weighted by molar-refractivity contribution is -0.384. The molecule has 0 bridgehead atoms. The van der Waals surface area contributed by atoms with E-state index in [0.29, 0.717) is 5.52 Å². The highest BCUT2D eigenvalue weighted by atomic mass is 16.6. The van der Waals surface area contributed by atoms with Gasteiger partial charge in [-0.1, -0.05) is 0 Å². The van der Waals surface area contributed by atoms with Gasteiger partial charge in [0.15, 0.2) is 5.58 Å². The number of hydrogen-bond acceptors (Lipinski definition) is 7. The molecule has 1 unspecified atom stereocenters. The lowest BCUT2D eigenvalue weighted by atomic mass is 10.3. The minimum atomic E-state index is -0.922. The van der Waals surface area contributed by atoms with Gasteiger partial charge in [0.2, 0.25) is 0 Å². The molecule has 0 spiro atoms. The van der Waals surface area contributed by atoms with Gasteiger partial charge in [0.05, 0.1) is 23.7 Å². The number of nitro benzene ring substituents is 1. The van der Waals surface area contributed by atoms with E-state index < -0.39 is 11.0 Å². The highest BCUT2D eigenvalue weighted by molar-refractivity contribution is 5.77. The second-order valence-electron chi connectivity index (χ2n) is 3.65. The van der Waals surface area contributed by atoms with Crippen LogP contribution in [0.1, 0.15) is 0 Å². The van der Waals surface area contributed by atoms with Gasteiger partial charge in [-0.25, -0.2) is 0 Å². The first-order valence-electron chi connectivity index (χ1n) is 5.18. The molecule has 2 aromatic rings. The van der Waals surface area contributed by atoms with E-state index >= 15 is 0 Å². The van der Waals surface area contributed by atoms with Crippen LogP contribution in [0.3, 0.4) is 0 Å². The topological polar surface area (TPSA) is 122 Å². The lowest BCUT2D eigenvalue weighted by Crippen LogP contribution is -2.22. The van der Waals surface area contributed by atoms with E-state index in [4.69, 9.17) is 14.6 Å². The molecule has 0 saturated heterocycles. The Kier molecular flexibility index (Phi) is 3.40. The van der Waals surface area contributed by atoms with E-state index in [1.807, 2.05) is 0 Å². The van der Waals surface area contributed by atoms with Crippen LogP contribution in [-0.2, 0) is 0 Å². The third-order valence-corrected chi connectivity index (χ3v) is 2.28. The van der Waals surface area contributed by atoms with Crippen LogP contribution < -0.4 is 5.32 Å². The number of anilines is 1. The Morgan fingerprint density at radius 2 is 2.33 bits per heavy atom. The first kappa shape index (κ1) is 12.3. The molecule has 96 valence electrons. The predicted molar refractivity (Wildman–Crippen MR) is 62.2 cm³/mol. The molecule has 0 aliphatic rings. The number of oxazole rings is 1. The van der Waals surface area contributed by atoms with Gasteiger partial charge in [0.25, 0.3) is 11.7 Å². The van der Waals surface area contributed by atoms with E-state index in [2.05, 4.69) is 10.3 Å². The maximum Gasteiger partial charge on any atom is 0.295 e. The van der Waals surface area contributed by atoms with Crippen LogP contribution in [0, 0.1) is 10.1 Å². The zero-order valence-corrected chi connectivity index (χ0v) is 9.24. The standard InChI is InChI=1S/C10H11N3O5/c14-5-7(15)4-11-10-12-8-2-1-6(13(16)17)3-9(8)18-10/h1-3,7,14-15H,4-5H2,(H,11,12). The number of rotatable bonds is 5. The van der Waals surface area contributed by atoms with Crippen molar-refractivity contribution < 1.29 is 19.6 Å². The molecule has 8 heteroatoms. The molecular formula is C10H11N3O5. The number of nitrogens with zero attached hydrogens (tertiary/aromatic N) is 2. The minimum Gasteiger partial charge on any atom is -0.423 e. The van der Waals surface area contributed by atoms with Crippen molar-refractivity contribution in [2.75, 3.05) is 18.5 Å². The van der Waals surface area contributed by atoms with Crippen molar-refractivity contribution in [1.82, 2.24) is 4.98 Å². The Hall–Kier alpha value is -2.19. The van der Waals surface area contributed by atoms with Crippen molar-refractivity contribution in [2.45, 2.75) is 6.10 Å². The van der Waals surface area contributed by atoms with Crippen LogP contribution in [0.15, 0.2) is 22.6 Å². The summed E-state index contributed by atoms with van der Waals surface area (Å²) in [6, 6.07) is 4.22. The van der Waals surface area contributed by atoms with Gasteiger partial charge in [-0.2, -0.15) is 4.98 Å². The largest absolute Gasteiger partial charge is 0.423 e. The summed E-state index contributed by atoms with van der Waals surface area (Å²) in [6.07, 6.45) is -0.922. The molecule has 1 aromatic carbocycles. The molecule has 1 heterocycles. The average Bonchev–Trinajstić information content (AvgIpc) is 2.77. The number of hydrogen-bond donors (Lipinski definition) is 3. The smallest absolute Gasteiger partial charge is 0.295 e. The number of aliphatic hydroxyl groups is 2. The maximum absolute atomic E-state index is 10.6. The molecule has 0 fully saturated rings. The molecule has 18 heavy (non-hydrogen) atoms. The number of aromatic nitrogens is 1. The van der Waals surface area contributed by atoms with Crippen LogP contribution in [0.4, 0.5) is 11.7 Å². The summed E-state index contributed by atoms with van der Waals surface area (Å²) in [5, 5.41) is 31.0. The molecule has 0 amide bonds. The summed E-state index contributed by atoms with van der Waals surface area (Å²) in [5.41, 5.74) is 0.673. The van der Waals surface area contributed by atoms with Crippen LogP contribution in [-0.4, -0.2) is 39.4 Å². The van der Waals surface area contributed by atoms with Crippen LogP contribution in [0.2, 0.25) is 0 Å². The molecule has 0 aliphatic heterocycles. The van der Waals surface area contributed by atoms with Crippen LogP contribution in [0.5, 0.6) is 0 Å². The van der Waals surface area contributed by atoms with Gasteiger partial charge in [-0.3, -0.25) is 10.1 Å². The van der Waals surface area contributed by atoms with E-state index in [-0.39, 0.29) is 30.4 Å². The molecule has 2 rings (SSSR count). The molecule has 1 aromatic heterocycles. The van der Waals surface area contributed by atoms with Crippen molar-refractivity contribution in [3.8, 4) is 0 Å². The number of nitrogens with one attached hydrogen (secondary N) is 1. The van der Waals surface area contributed by atoms with Gasteiger partial charge < -0.3 is 19.9 Å². The van der Waals surface area contributed by atoms with Gasteiger partial charge >= 0.3 is 0 Å². The predicted octanol–water partition coefficient (Wildman–Crippen LogP) is 0.501. The zero-order chi connectivity index (χ0) is 13.1. The fourth-order valence-electron chi connectivity index (χ4n) is 1.37. The van der Waals surface area contributed by atoms with Crippen molar-refractivity contribution in [1.29, 1.82) is 0 Å². The van der Waals surface area contributed by atoms with Crippen molar-refractivity contribution in [2.24, 2.45) is 0 Å². The number of benzene rings is 1. The number of fused-ring (bicyclic) bond motifs is 1. The number of aliphatic hydroxyl groups excluding tert-OH is 2.